The lowest BCUT2D eigenvalue weighted by Crippen LogP contribution is -2.58. The SMILES string of the molecule is CCCC(=O)NC(C(=O)NCC(=O)NC(C)C(=O)NC(CC(C)C)C(=O)NC(Cc1ccc(O)cc1)C(=O)NC(CC(N)=O)C(=O)O)C(O)c1ccccc1. The van der Waals surface area contributed by atoms with Gasteiger partial charge in [-0.1, -0.05) is 63.2 Å². The van der Waals surface area contributed by atoms with E-state index in [9.17, 15) is 53.7 Å². The van der Waals surface area contributed by atoms with Crippen LogP contribution in [0.1, 0.15) is 70.6 Å². The first kappa shape index (κ1) is 45.1. The molecule has 11 N–H and O–H groups in total. The summed E-state index contributed by atoms with van der Waals surface area (Å²) in [5.74, 6) is -7.46. The second-order valence-corrected chi connectivity index (χ2v) is 13.4. The van der Waals surface area contributed by atoms with Crippen LogP contribution in [0.3, 0.4) is 0 Å². The van der Waals surface area contributed by atoms with Crippen molar-refractivity contribution in [3.63, 3.8) is 0 Å². The van der Waals surface area contributed by atoms with E-state index in [2.05, 4.69) is 31.9 Å². The van der Waals surface area contributed by atoms with E-state index in [1.54, 1.807) is 51.1 Å². The molecule has 0 aliphatic rings. The number of hydrogen-bond acceptors (Lipinski definition) is 10. The number of benzene rings is 2. The number of phenolic OH excluding ortho intramolecular Hbond substituents is 1. The lowest BCUT2D eigenvalue weighted by atomic mass is 10.0. The van der Waals surface area contributed by atoms with Crippen LogP contribution in [0.15, 0.2) is 54.6 Å². The zero-order valence-corrected chi connectivity index (χ0v) is 31.2. The van der Waals surface area contributed by atoms with Crippen LogP contribution in [0, 0.1) is 5.92 Å². The summed E-state index contributed by atoms with van der Waals surface area (Å²) in [5.41, 5.74) is 5.96. The first-order valence-corrected chi connectivity index (χ1v) is 17.7. The Labute approximate surface area is 318 Å². The van der Waals surface area contributed by atoms with Gasteiger partial charge in [0.15, 0.2) is 0 Å². The molecule has 0 aliphatic heterocycles. The minimum Gasteiger partial charge on any atom is -0.508 e. The summed E-state index contributed by atoms with van der Waals surface area (Å²) < 4.78 is 0. The molecule has 0 bridgehead atoms. The van der Waals surface area contributed by atoms with Crippen molar-refractivity contribution in [3.8, 4) is 5.75 Å². The highest BCUT2D eigenvalue weighted by Crippen LogP contribution is 2.17. The molecule has 0 aromatic heterocycles. The summed E-state index contributed by atoms with van der Waals surface area (Å²) in [6, 6.07) is 6.81. The van der Waals surface area contributed by atoms with Crippen molar-refractivity contribution < 1.29 is 53.7 Å². The van der Waals surface area contributed by atoms with Crippen molar-refractivity contribution in [2.75, 3.05) is 6.54 Å². The lowest BCUT2D eigenvalue weighted by Gasteiger charge is -2.26. The van der Waals surface area contributed by atoms with Gasteiger partial charge < -0.3 is 53.0 Å². The lowest BCUT2D eigenvalue weighted by molar-refractivity contribution is -0.143. The number of carbonyl (C=O) groups is 8. The van der Waals surface area contributed by atoms with Crippen molar-refractivity contribution in [1.82, 2.24) is 31.9 Å². The van der Waals surface area contributed by atoms with Crippen molar-refractivity contribution in [2.24, 2.45) is 11.7 Å². The fourth-order valence-electron chi connectivity index (χ4n) is 5.26. The van der Waals surface area contributed by atoms with Gasteiger partial charge in [0, 0.05) is 12.8 Å². The number of aliphatic carboxylic acids is 1. The van der Waals surface area contributed by atoms with Crippen molar-refractivity contribution in [1.29, 1.82) is 0 Å². The fraction of sp³-hybridized carbons (Fsp3) is 0.459. The molecule has 55 heavy (non-hydrogen) atoms. The molecular formula is C37H51N7O11. The summed E-state index contributed by atoms with van der Waals surface area (Å²) in [6.45, 7) is 6.02. The standard InChI is InChI=1S/C37H51N7O11/c1-5-9-29(47)44-31(32(49)23-10-7-6-8-11-23)36(53)39-19-30(48)40-21(4)33(50)41-25(16-20(2)3)34(51)42-26(17-22-12-14-24(45)15-13-22)35(52)43-27(37(54)55)18-28(38)46/h6-8,10-15,20-21,25-27,31-32,45,49H,5,9,16-19H2,1-4H3,(H2,38,46)(H,39,53)(H,40,48)(H,41,50)(H,42,51)(H,43,52)(H,44,47)(H,54,55). The van der Waals surface area contributed by atoms with Gasteiger partial charge in [-0.05, 0) is 48.9 Å². The third-order valence-electron chi connectivity index (χ3n) is 8.10. The average molecular weight is 770 g/mol. The number of aromatic hydroxyl groups is 1. The molecule has 6 unspecified atom stereocenters. The number of aliphatic hydroxyl groups excluding tert-OH is 1. The van der Waals surface area contributed by atoms with Gasteiger partial charge in [-0.15, -0.1) is 0 Å². The molecule has 0 saturated carbocycles. The van der Waals surface area contributed by atoms with Gasteiger partial charge in [0.25, 0.3) is 0 Å². The van der Waals surface area contributed by atoms with E-state index in [1.807, 2.05) is 0 Å². The Kier molecular flexibility index (Phi) is 18.2. The molecule has 0 radical (unpaired) electrons. The van der Waals surface area contributed by atoms with Gasteiger partial charge in [0.1, 0.15) is 42.1 Å². The van der Waals surface area contributed by atoms with E-state index in [1.165, 1.54) is 31.2 Å². The number of phenols is 1. The van der Waals surface area contributed by atoms with Gasteiger partial charge in [0.2, 0.25) is 41.4 Å². The Bertz CT molecular complexity index is 1650. The molecule has 2 rings (SSSR count). The smallest absolute Gasteiger partial charge is 0.326 e. The predicted molar refractivity (Wildman–Crippen MR) is 197 cm³/mol. The summed E-state index contributed by atoms with van der Waals surface area (Å²) >= 11 is 0. The quantitative estimate of drug-likeness (QED) is 0.0695. The number of hydrogen-bond donors (Lipinski definition) is 10. The minimum absolute atomic E-state index is 0.0635. The van der Waals surface area contributed by atoms with Crippen LogP contribution in [-0.2, 0) is 44.8 Å². The predicted octanol–water partition coefficient (Wildman–Crippen LogP) is -0.965. The summed E-state index contributed by atoms with van der Waals surface area (Å²) in [6.07, 6.45) is -1.65. The maximum atomic E-state index is 13.6. The summed E-state index contributed by atoms with van der Waals surface area (Å²) in [5, 5.41) is 44.6. The second-order valence-electron chi connectivity index (χ2n) is 13.4. The zero-order chi connectivity index (χ0) is 41.2. The molecule has 0 aliphatic carbocycles. The van der Waals surface area contributed by atoms with Crippen molar-refractivity contribution in [2.45, 2.75) is 96.1 Å². The van der Waals surface area contributed by atoms with E-state index in [0.29, 0.717) is 17.5 Å². The van der Waals surface area contributed by atoms with Gasteiger partial charge in [-0.25, -0.2) is 4.79 Å². The fourth-order valence-corrected chi connectivity index (χ4v) is 5.26. The number of carboxylic acid groups (broad SMARTS) is 1. The highest BCUT2D eigenvalue weighted by Gasteiger charge is 2.33. The van der Waals surface area contributed by atoms with Crippen LogP contribution in [0.2, 0.25) is 0 Å². The van der Waals surface area contributed by atoms with E-state index in [-0.39, 0.29) is 30.9 Å². The number of rotatable bonds is 22. The highest BCUT2D eigenvalue weighted by molar-refractivity contribution is 5.96. The normalized spacial score (nSPS) is 14.1. The average Bonchev–Trinajstić information content (AvgIpc) is 3.12. The van der Waals surface area contributed by atoms with Gasteiger partial charge >= 0.3 is 5.97 Å². The number of amides is 7. The highest BCUT2D eigenvalue weighted by atomic mass is 16.4. The van der Waals surface area contributed by atoms with E-state index < -0.39 is 96.6 Å². The topological polar surface area (TPSA) is 295 Å². The Hall–Kier alpha value is -6.04. The molecule has 0 fully saturated rings. The first-order chi connectivity index (χ1) is 25.9. The number of carboxylic acids is 1. The van der Waals surface area contributed by atoms with Crippen LogP contribution in [0.4, 0.5) is 0 Å². The Balaban J connectivity index is 2.14. The summed E-state index contributed by atoms with van der Waals surface area (Å²) in [4.78, 5) is 101. The number of carbonyl (C=O) groups excluding carboxylic acids is 7. The molecule has 7 amide bonds. The third kappa shape index (κ3) is 15.8. The number of nitrogens with one attached hydrogen (secondary N) is 6. The monoisotopic (exact) mass is 769 g/mol. The largest absolute Gasteiger partial charge is 0.508 e. The molecule has 0 saturated heterocycles. The molecular weight excluding hydrogens is 718 g/mol. The van der Waals surface area contributed by atoms with Crippen molar-refractivity contribution in [3.05, 3.63) is 65.7 Å². The van der Waals surface area contributed by atoms with E-state index in [0.717, 1.165) is 0 Å². The van der Waals surface area contributed by atoms with Crippen LogP contribution in [0.5, 0.6) is 5.75 Å². The molecule has 0 heterocycles. The maximum absolute atomic E-state index is 13.6. The minimum atomic E-state index is -1.69. The number of aliphatic hydroxyl groups is 1. The van der Waals surface area contributed by atoms with Gasteiger partial charge in [-0.2, -0.15) is 0 Å². The third-order valence-corrected chi connectivity index (χ3v) is 8.10. The molecule has 6 atom stereocenters. The van der Waals surface area contributed by atoms with Gasteiger partial charge in [0.05, 0.1) is 13.0 Å². The molecule has 18 nitrogen and oxygen atoms in total. The second kappa shape index (κ2) is 22.2. The molecule has 2 aromatic carbocycles. The van der Waals surface area contributed by atoms with Crippen molar-refractivity contribution >= 4 is 47.3 Å². The van der Waals surface area contributed by atoms with Crippen LogP contribution < -0.4 is 37.6 Å². The zero-order valence-electron chi connectivity index (χ0n) is 31.2. The van der Waals surface area contributed by atoms with Crippen LogP contribution in [0.25, 0.3) is 0 Å². The maximum Gasteiger partial charge on any atom is 0.326 e. The first-order valence-electron chi connectivity index (χ1n) is 17.7. The number of primary amides is 1. The summed E-state index contributed by atoms with van der Waals surface area (Å²) in [7, 11) is 0. The van der Waals surface area contributed by atoms with Gasteiger partial charge in [-0.3, -0.25) is 33.6 Å². The molecule has 0 spiro atoms. The van der Waals surface area contributed by atoms with E-state index in [4.69, 9.17) is 5.73 Å². The Morgan fingerprint density at radius 1 is 0.709 bits per heavy atom. The molecule has 18 heteroatoms. The Morgan fingerprint density at radius 2 is 1.29 bits per heavy atom. The van der Waals surface area contributed by atoms with Crippen LogP contribution >= 0.6 is 0 Å². The Morgan fingerprint density at radius 3 is 1.85 bits per heavy atom. The molecule has 300 valence electrons. The van der Waals surface area contributed by atoms with Crippen LogP contribution in [-0.4, -0.2) is 99.4 Å². The molecule has 2 aromatic rings. The van der Waals surface area contributed by atoms with E-state index >= 15 is 0 Å². The number of nitrogens with two attached hydrogens (primary N) is 1.